The highest BCUT2D eigenvalue weighted by Crippen LogP contribution is 2.29. The molecular weight excluding hydrogens is 426 g/mol. The smallest absolute Gasteiger partial charge is 0.358 e. The van der Waals surface area contributed by atoms with Gasteiger partial charge in [-0.3, -0.25) is 24.1 Å². The van der Waals surface area contributed by atoms with E-state index in [0.29, 0.717) is 5.52 Å². The Morgan fingerprint density at radius 1 is 0.909 bits per heavy atom. The third kappa shape index (κ3) is 3.43. The Hall–Kier alpha value is -4.40. The van der Waals surface area contributed by atoms with Crippen molar-refractivity contribution in [2.75, 3.05) is 6.73 Å². The molecule has 2 aromatic carbocycles. The van der Waals surface area contributed by atoms with Gasteiger partial charge < -0.3 is 4.74 Å². The normalized spacial score (nSPS) is 18.1. The first-order valence-electron chi connectivity index (χ1n) is 10.3. The Morgan fingerprint density at radius 3 is 2.30 bits per heavy atom. The zero-order valence-electron chi connectivity index (χ0n) is 17.3. The van der Waals surface area contributed by atoms with E-state index in [-0.39, 0.29) is 29.7 Å². The number of imide groups is 2. The number of amides is 4. The molecule has 2 aliphatic heterocycles. The molecule has 4 amide bonds. The molecule has 0 aliphatic carbocycles. The molecule has 1 aromatic heterocycles. The molecule has 0 bridgehead atoms. The molecule has 9 heteroatoms. The number of rotatable bonds is 4. The molecule has 0 saturated carbocycles. The number of hydrogen-bond donors (Lipinski definition) is 0. The SMILES string of the molecule is O=C(OCN1C(=O)CCC(N2C(=O)c3ccccc3C2=O)C1=O)c1ccc2ccccc2n1. The third-order valence-corrected chi connectivity index (χ3v) is 5.75. The zero-order chi connectivity index (χ0) is 23.1. The summed E-state index contributed by atoms with van der Waals surface area (Å²) in [4.78, 5) is 69.3. The predicted octanol–water partition coefficient (Wildman–Crippen LogP) is 2.16. The number of esters is 1. The zero-order valence-corrected chi connectivity index (χ0v) is 17.3. The average Bonchev–Trinajstić information content (AvgIpc) is 3.09. The highest BCUT2D eigenvalue weighted by atomic mass is 16.5. The number of carbonyl (C=O) groups is 5. The van der Waals surface area contributed by atoms with Gasteiger partial charge in [0.25, 0.3) is 17.7 Å². The molecule has 0 radical (unpaired) electrons. The fourth-order valence-electron chi connectivity index (χ4n) is 4.06. The average molecular weight is 443 g/mol. The Balaban J connectivity index is 1.32. The van der Waals surface area contributed by atoms with Gasteiger partial charge in [-0.15, -0.1) is 0 Å². The van der Waals surface area contributed by atoms with E-state index in [0.717, 1.165) is 15.2 Å². The van der Waals surface area contributed by atoms with Crippen LogP contribution < -0.4 is 0 Å². The van der Waals surface area contributed by atoms with Gasteiger partial charge >= 0.3 is 5.97 Å². The lowest BCUT2D eigenvalue weighted by atomic mass is 10.0. The lowest BCUT2D eigenvalue weighted by Crippen LogP contribution is -2.56. The minimum absolute atomic E-state index is 0.0137. The molecule has 0 spiro atoms. The number of benzene rings is 2. The Kier molecular flexibility index (Phi) is 4.93. The maximum atomic E-state index is 13.0. The second-order valence-corrected chi connectivity index (χ2v) is 7.69. The third-order valence-electron chi connectivity index (χ3n) is 5.75. The van der Waals surface area contributed by atoms with E-state index >= 15 is 0 Å². The predicted molar refractivity (Wildman–Crippen MR) is 114 cm³/mol. The maximum Gasteiger partial charge on any atom is 0.358 e. The highest BCUT2D eigenvalue weighted by molar-refractivity contribution is 6.23. The molecule has 2 aliphatic rings. The van der Waals surface area contributed by atoms with Crippen LogP contribution in [0.5, 0.6) is 0 Å². The van der Waals surface area contributed by atoms with Crippen molar-refractivity contribution >= 4 is 40.5 Å². The van der Waals surface area contributed by atoms with Crippen LogP contribution >= 0.6 is 0 Å². The second kappa shape index (κ2) is 7.94. The summed E-state index contributed by atoms with van der Waals surface area (Å²) in [5, 5.41) is 0.847. The molecule has 1 saturated heterocycles. The van der Waals surface area contributed by atoms with E-state index in [1.807, 2.05) is 12.1 Å². The summed E-state index contributed by atoms with van der Waals surface area (Å²) in [6.45, 7) is -0.634. The van der Waals surface area contributed by atoms with E-state index in [9.17, 15) is 24.0 Å². The van der Waals surface area contributed by atoms with Crippen LogP contribution in [0.1, 0.15) is 44.0 Å². The molecule has 3 heterocycles. The van der Waals surface area contributed by atoms with Gasteiger partial charge in [-0.2, -0.15) is 0 Å². The van der Waals surface area contributed by atoms with Crippen molar-refractivity contribution in [1.82, 2.24) is 14.8 Å². The fourth-order valence-corrected chi connectivity index (χ4v) is 4.06. The van der Waals surface area contributed by atoms with Crippen molar-refractivity contribution in [2.24, 2.45) is 0 Å². The number of ether oxygens (including phenoxy) is 1. The molecule has 0 N–H and O–H groups in total. The Morgan fingerprint density at radius 2 is 1.58 bits per heavy atom. The molecule has 3 aromatic rings. The number of carbonyl (C=O) groups excluding carboxylic acids is 5. The number of likely N-dealkylation sites (tertiary alicyclic amines) is 1. The minimum atomic E-state index is -1.15. The van der Waals surface area contributed by atoms with Crippen molar-refractivity contribution in [3.8, 4) is 0 Å². The van der Waals surface area contributed by atoms with Crippen LogP contribution in [0, 0.1) is 0 Å². The van der Waals surface area contributed by atoms with Gasteiger partial charge in [0.2, 0.25) is 5.91 Å². The van der Waals surface area contributed by atoms with Gasteiger partial charge in [-0.05, 0) is 30.7 Å². The first kappa shape index (κ1) is 20.5. The maximum absolute atomic E-state index is 13.0. The standard InChI is InChI=1S/C24H17N3O6/c28-20-12-11-19(27-21(29)15-6-2-3-7-16(15)22(27)30)23(31)26(20)13-33-24(32)18-10-9-14-5-1-4-8-17(14)25-18/h1-10,19H,11-13H2. The van der Waals surface area contributed by atoms with Gasteiger partial charge in [0.15, 0.2) is 6.73 Å². The topological polar surface area (TPSA) is 114 Å². The number of para-hydroxylation sites is 1. The van der Waals surface area contributed by atoms with E-state index < -0.39 is 42.4 Å². The number of aromatic nitrogens is 1. The summed E-state index contributed by atoms with van der Waals surface area (Å²) in [6, 6.07) is 15.6. The molecule has 9 nitrogen and oxygen atoms in total. The summed E-state index contributed by atoms with van der Waals surface area (Å²) in [5.41, 5.74) is 1.06. The molecule has 1 unspecified atom stereocenters. The minimum Gasteiger partial charge on any atom is -0.439 e. The van der Waals surface area contributed by atoms with E-state index in [2.05, 4.69) is 4.98 Å². The number of fused-ring (bicyclic) bond motifs is 2. The van der Waals surface area contributed by atoms with E-state index in [1.54, 1.807) is 30.3 Å². The van der Waals surface area contributed by atoms with Crippen molar-refractivity contribution in [1.29, 1.82) is 0 Å². The molecule has 164 valence electrons. The van der Waals surface area contributed by atoms with Gasteiger partial charge in [0.05, 0.1) is 16.6 Å². The van der Waals surface area contributed by atoms with Gasteiger partial charge in [-0.1, -0.05) is 36.4 Å². The number of nitrogens with zero attached hydrogens (tertiary/aromatic N) is 3. The number of pyridine rings is 1. The van der Waals surface area contributed by atoms with E-state index in [4.69, 9.17) is 4.74 Å². The quantitative estimate of drug-likeness (QED) is 0.448. The highest BCUT2D eigenvalue weighted by Gasteiger charge is 2.47. The monoisotopic (exact) mass is 443 g/mol. The Labute approximate surface area is 187 Å². The van der Waals surface area contributed by atoms with Crippen LogP contribution in [0.15, 0.2) is 60.7 Å². The van der Waals surface area contributed by atoms with Gasteiger partial charge in [0.1, 0.15) is 11.7 Å². The summed E-state index contributed by atoms with van der Waals surface area (Å²) in [6.07, 6.45) is -0.0601. The van der Waals surface area contributed by atoms with Crippen LogP contribution in [0.25, 0.3) is 10.9 Å². The van der Waals surface area contributed by atoms with Crippen molar-refractivity contribution in [3.05, 3.63) is 77.5 Å². The second-order valence-electron chi connectivity index (χ2n) is 7.69. The van der Waals surface area contributed by atoms with E-state index in [1.165, 1.54) is 18.2 Å². The molecular formula is C24H17N3O6. The van der Waals surface area contributed by atoms with Gasteiger partial charge in [-0.25, -0.2) is 14.7 Å². The summed E-state index contributed by atoms with van der Waals surface area (Å²) >= 11 is 0. The van der Waals surface area contributed by atoms with Crippen LogP contribution in [-0.4, -0.2) is 57.2 Å². The van der Waals surface area contributed by atoms with Crippen LogP contribution in [0.3, 0.4) is 0 Å². The number of hydrogen-bond acceptors (Lipinski definition) is 7. The molecule has 1 fully saturated rings. The van der Waals surface area contributed by atoms with Crippen molar-refractivity contribution < 1.29 is 28.7 Å². The van der Waals surface area contributed by atoms with Crippen molar-refractivity contribution in [2.45, 2.75) is 18.9 Å². The van der Waals surface area contributed by atoms with Crippen LogP contribution in [0.2, 0.25) is 0 Å². The van der Waals surface area contributed by atoms with Gasteiger partial charge in [0, 0.05) is 11.8 Å². The largest absolute Gasteiger partial charge is 0.439 e. The van der Waals surface area contributed by atoms with Crippen LogP contribution in [-0.2, 0) is 14.3 Å². The Bertz CT molecular complexity index is 1320. The molecule has 33 heavy (non-hydrogen) atoms. The summed E-state index contributed by atoms with van der Waals surface area (Å²) in [7, 11) is 0. The fraction of sp³-hybridized carbons (Fsp3) is 0.167. The number of piperidine rings is 1. The molecule has 5 rings (SSSR count). The lowest BCUT2D eigenvalue weighted by Gasteiger charge is -2.33. The van der Waals surface area contributed by atoms with Crippen molar-refractivity contribution in [3.63, 3.8) is 0 Å². The first-order chi connectivity index (χ1) is 16.0. The first-order valence-corrected chi connectivity index (χ1v) is 10.3. The molecule has 1 atom stereocenters. The lowest BCUT2D eigenvalue weighted by molar-refractivity contribution is -0.156. The van der Waals surface area contributed by atoms with Crippen LogP contribution in [0.4, 0.5) is 0 Å². The summed E-state index contributed by atoms with van der Waals surface area (Å²) < 4.78 is 5.18. The summed E-state index contributed by atoms with van der Waals surface area (Å²) in [5.74, 6) is -3.28.